The van der Waals surface area contributed by atoms with E-state index in [1.54, 1.807) is 38.1 Å². The number of fused-ring (bicyclic) bond motifs is 1. The maximum Gasteiger partial charge on any atom is 0.360 e. The van der Waals surface area contributed by atoms with Crippen molar-refractivity contribution < 1.29 is 19.4 Å². The summed E-state index contributed by atoms with van der Waals surface area (Å²) < 4.78 is 4.80. The molecule has 1 aliphatic heterocycles. The van der Waals surface area contributed by atoms with Gasteiger partial charge < -0.3 is 15.2 Å². The molecule has 0 spiro atoms. The first-order valence-corrected chi connectivity index (χ1v) is 8.44. The maximum atomic E-state index is 12.7. The number of ether oxygens (including phenoxy) is 1. The van der Waals surface area contributed by atoms with Crippen LogP contribution in [0.5, 0.6) is 0 Å². The van der Waals surface area contributed by atoms with Crippen LogP contribution in [0, 0.1) is 0 Å². The van der Waals surface area contributed by atoms with Gasteiger partial charge in [-0.15, -0.1) is 0 Å². The first-order valence-electron chi connectivity index (χ1n) is 8.44. The number of nitrogens with one attached hydrogen (secondary N) is 1. The Kier molecular flexibility index (Phi) is 4.79. The third-order valence-electron chi connectivity index (χ3n) is 4.28. The van der Waals surface area contributed by atoms with E-state index in [2.05, 4.69) is 10.4 Å². The number of aliphatic hydroxyl groups excluding tert-OH is 1. The Bertz CT molecular complexity index is 850. The monoisotopic (exact) mass is 355 g/mol. The number of nitrogens with zero attached hydrogens (tertiary/aromatic N) is 2. The highest BCUT2D eigenvalue weighted by Gasteiger charge is 2.36. The second kappa shape index (κ2) is 7.03. The van der Waals surface area contributed by atoms with E-state index < -0.39 is 5.97 Å². The van der Waals surface area contributed by atoms with Gasteiger partial charge in [-0.2, -0.15) is 5.10 Å². The molecule has 1 amide bonds. The largest absolute Gasteiger partial charge is 0.505 e. The van der Waals surface area contributed by atoms with Gasteiger partial charge in [0.2, 0.25) is 0 Å². The minimum absolute atomic E-state index is 0.0917. The molecule has 0 radical (unpaired) electrons. The van der Waals surface area contributed by atoms with Crippen molar-refractivity contribution in [3.8, 4) is 0 Å². The average molecular weight is 355 g/mol. The Morgan fingerprint density at radius 2 is 2.08 bits per heavy atom. The molecule has 26 heavy (non-hydrogen) atoms. The summed E-state index contributed by atoms with van der Waals surface area (Å²) in [4.78, 5) is 24.9. The van der Waals surface area contributed by atoms with E-state index in [9.17, 15) is 14.7 Å². The van der Waals surface area contributed by atoms with Gasteiger partial charge in [-0.25, -0.2) is 9.80 Å². The number of methoxy groups -OCH3 is 1. The van der Waals surface area contributed by atoms with Crippen molar-refractivity contribution in [3.63, 3.8) is 0 Å². The maximum absolute atomic E-state index is 12.7. The van der Waals surface area contributed by atoms with Crippen LogP contribution in [0.25, 0.3) is 11.5 Å². The third kappa shape index (κ3) is 2.96. The number of carbonyl (C=O) groups is 2. The van der Waals surface area contributed by atoms with Crippen LogP contribution in [0.3, 0.4) is 0 Å². The molecular formula is C19H21N3O4. The molecule has 0 bridgehead atoms. The molecule has 1 aromatic rings. The zero-order valence-electron chi connectivity index (χ0n) is 14.9. The minimum atomic E-state index is -0.717. The van der Waals surface area contributed by atoms with Gasteiger partial charge in [0.15, 0.2) is 11.5 Å². The lowest BCUT2D eigenvalue weighted by Crippen LogP contribution is -2.32. The van der Waals surface area contributed by atoms with Gasteiger partial charge >= 0.3 is 5.97 Å². The molecule has 0 atom stereocenters. The van der Waals surface area contributed by atoms with Gasteiger partial charge in [-0.3, -0.25) is 4.79 Å². The van der Waals surface area contributed by atoms with Crippen LogP contribution in [0.4, 0.5) is 0 Å². The van der Waals surface area contributed by atoms with Crippen LogP contribution in [-0.2, 0) is 9.53 Å². The van der Waals surface area contributed by atoms with Crippen molar-refractivity contribution in [3.05, 3.63) is 46.7 Å². The number of amides is 1. The van der Waals surface area contributed by atoms with E-state index in [1.807, 2.05) is 0 Å². The predicted octanol–water partition coefficient (Wildman–Crippen LogP) is 2.66. The molecule has 0 saturated heterocycles. The van der Waals surface area contributed by atoms with Crippen LogP contribution in [-0.4, -0.2) is 41.4 Å². The Hall–Kier alpha value is -3.09. The zero-order chi connectivity index (χ0) is 18.8. The second-order valence-electron chi connectivity index (χ2n) is 6.02. The van der Waals surface area contributed by atoms with Crippen molar-refractivity contribution in [1.82, 2.24) is 10.3 Å². The fraction of sp³-hybridized carbons (Fsp3) is 0.316. The Morgan fingerprint density at radius 1 is 1.35 bits per heavy atom. The fourth-order valence-corrected chi connectivity index (χ4v) is 2.94. The quantitative estimate of drug-likeness (QED) is 0.640. The van der Waals surface area contributed by atoms with Gasteiger partial charge in [0.05, 0.1) is 12.8 Å². The van der Waals surface area contributed by atoms with Crippen molar-refractivity contribution in [1.29, 1.82) is 0 Å². The highest BCUT2D eigenvalue weighted by molar-refractivity contribution is 6.06. The molecule has 2 aliphatic rings. The van der Waals surface area contributed by atoms with Crippen LogP contribution >= 0.6 is 0 Å². The SMILES string of the molecule is C/C=N\N1C(C(=O)OC)=C(O)c2cccc(C(=O)NC3CC3)c2/C1=C\C. The van der Waals surface area contributed by atoms with Crippen LogP contribution in [0.1, 0.15) is 48.2 Å². The van der Waals surface area contributed by atoms with Crippen LogP contribution < -0.4 is 5.32 Å². The number of aliphatic hydroxyl groups is 1. The van der Waals surface area contributed by atoms with Gasteiger partial charge in [0, 0.05) is 28.9 Å². The molecule has 1 aromatic carbocycles. The lowest BCUT2D eigenvalue weighted by molar-refractivity contribution is -0.137. The summed E-state index contributed by atoms with van der Waals surface area (Å²) in [6, 6.07) is 5.25. The molecular weight excluding hydrogens is 334 g/mol. The summed E-state index contributed by atoms with van der Waals surface area (Å²) >= 11 is 0. The van der Waals surface area contributed by atoms with Gasteiger partial charge in [0.25, 0.3) is 5.91 Å². The van der Waals surface area contributed by atoms with Crippen molar-refractivity contribution in [2.75, 3.05) is 7.11 Å². The summed E-state index contributed by atoms with van der Waals surface area (Å²) in [5, 5.41) is 19.2. The number of hydrogen-bond acceptors (Lipinski definition) is 6. The predicted molar refractivity (Wildman–Crippen MR) is 98.2 cm³/mol. The smallest absolute Gasteiger partial charge is 0.360 e. The summed E-state index contributed by atoms with van der Waals surface area (Å²) in [6.45, 7) is 3.48. The molecule has 1 fully saturated rings. The number of carbonyl (C=O) groups excluding carboxylic acids is 2. The van der Waals surface area contributed by atoms with E-state index in [-0.39, 0.29) is 23.4 Å². The fourth-order valence-electron chi connectivity index (χ4n) is 2.94. The van der Waals surface area contributed by atoms with E-state index >= 15 is 0 Å². The van der Waals surface area contributed by atoms with Gasteiger partial charge in [0.1, 0.15) is 0 Å². The standard InChI is InChI=1S/C19H21N3O4/c1-4-14-15-12(7-6-8-13(15)18(24)21-11-9-10-11)17(23)16(19(25)26-3)22(14)20-5-2/h4-8,11,23H,9-10H2,1-3H3,(H,21,24)/b14-4+,20-5-. The molecule has 136 valence electrons. The number of hydrazone groups is 1. The number of benzene rings is 1. The van der Waals surface area contributed by atoms with Crippen molar-refractivity contribution in [2.45, 2.75) is 32.7 Å². The lowest BCUT2D eigenvalue weighted by Gasteiger charge is -2.31. The Balaban J connectivity index is 2.23. The Labute approximate surface area is 151 Å². The second-order valence-corrected chi connectivity index (χ2v) is 6.02. The number of esters is 1. The molecule has 1 saturated carbocycles. The number of allylic oxidation sites excluding steroid dienone is 1. The normalized spacial score (nSPS) is 18.3. The van der Waals surface area contributed by atoms with E-state index in [4.69, 9.17) is 4.74 Å². The molecule has 1 aliphatic carbocycles. The van der Waals surface area contributed by atoms with Crippen LogP contribution in [0.2, 0.25) is 0 Å². The molecule has 2 N–H and O–H groups in total. The third-order valence-corrected chi connectivity index (χ3v) is 4.28. The molecule has 0 aromatic heterocycles. The topological polar surface area (TPSA) is 91.2 Å². The molecule has 3 rings (SSSR count). The molecule has 7 nitrogen and oxygen atoms in total. The lowest BCUT2D eigenvalue weighted by atomic mass is 9.92. The zero-order valence-corrected chi connectivity index (χ0v) is 14.9. The summed E-state index contributed by atoms with van der Waals surface area (Å²) in [5.74, 6) is -1.20. The Morgan fingerprint density at radius 3 is 2.65 bits per heavy atom. The van der Waals surface area contributed by atoms with Gasteiger partial charge in [-0.1, -0.05) is 18.2 Å². The van der Waals surface area contributed by atoms with Crippen LogP contribution in [0.15, 0.2) is 35.1 Å². The van der Waals surface area contributed by atoms with Gasteiger partial charge in [-0.05, 0) is 32.8 Å². The highest BCUT2D eigenvalue weighted by atomic mass is 16.5. The van der Waals surface area contributed by atoms with Crippen molar-refractivity contribution >= 4 is 29.5 Å². The number of rotatable bonds is 4. The summed E-state index contributed by atoms with van der Waals surface area (Å²) in [5.41, 5.74) is 1.78. The molecule has 1 heterocycles. The summed E-state index contributed by atoms with van der Waals surface area (Å²) in [6.07, 6.45) is 5.19. The first kappa shape index (κ1) is 17.7. The average Bonchev–Trinajstić information content (AvgIpc) is 3.45. The molecule has 0 unspecified atom stereocenters. The van der Waals surface area contributed by atoms with E-state index in [0.717, 1.165) is 12.8 Å². The van der Waals surface area contributed by atoms with E-state index in [0.29, 0.717) is 22.4 Å². The summed E-state index contributed by atoms with van der Waals surface area (Å²) in [7, 11) is 1.24. The van der Waals surface area contributed by atoms with Crippen molar-refractivity contribution in [2.24, 2.45) is 5.10 Å². The minimum Gasteiger partial charge on any atom is -0.505 e. The number of hydrogen-bond donors (Lipinski definition) is 2. The molecule has 7 heteroatoms. The first-order chi connectivity index (χ1) is 12.5. The highest BCUT2D eigenvalue weighted by Crippen LogP contribution is 2.40. The van der Waals surface area contributed by atoms with E-state index in [1.165, 1.54) is 18.3 Å².